The average Bonchev–Trinajstić information content (AvgIpc) is 2.20. The van der Waals surface area contributed by atoms with E-state index in [4.69, 9.17) is 16.2 Å². The summed E-state index contributed by atoms with van der Waals surface area (Å²) >= 11 is 0. The molecule has 0 aromatic heterocycles. The van der Waals surface area contributed by atoms with Crippen LogP contribution in [-0.2, 0) is 16.1 Å². The zero-order valence-corrected chi connectivity index (χ0v) is 8.77. The zero-order valence-electron chi connectivity index (χ0n) is 8.77. The van der Waals surface area contributed by atoms with Gasteiger partial charge in [-0.1, -0.05) is 19.1 Å². The van der Waals surface area contributed by atoms with Crippen molar-refractivity contribution in [3.8, 4) is 0 Å². The molecule has 1 aromatic carbocycles. The number of nitrogens with two attached hydrogens (primary N) is 2. The molecule has 0 heterocycles. The van der Waals surface area contributed by atoms with Gasteiger partial charge in [0.25, 0.3) is 0 Å². The maximum atomic E-state index is 10.7. The van der Waals surface area contributed by atoms with Crippen molar-refractivity contribution in [2.24, 2.45) is 11.7 Å². The molecule has 0 aliphatic heterocycles. The van der Waals surface area contributed by atoms with Crippen molar-refractivity contribution in [3.63, 3.8) is 0 Å². The first-order valence-electron chi connectivity index (χ1n) is 4.81. The molecule has 0 radical (unpaired) electrons. The van der Waals surface area contributed by atoms with E-state index in [1.807, 2.05) is 24.3 Å². The molecule has 0 fully saturated rings. The normalized spacial score (nSPS) is 12.3. The van der Waals surface area contributed by atoms with Gasteiger partial charge in [0.1, 0.15) is 0 Å². The molecule has 1 aromatic rings. The standard InChI is InChI=1S/C11H16N2O2/c1-8(11(13)14)6-15-7-9-2-4-10(12)5-3-9/h2-5,8H,6-7,12H2,1H3,(H2,13,14). The summed E-state index contributed by atoms with van der Waals surface area (Å²) in [6.45, 7) is 2.56. The first kappa shape index (κ1) is 11.5. The van der Waals surface area contributed by atoms with Gasteiger partial charge in [-0.3, -0.25) is 4.79 Å². The highest BCUT2D eigenvalue weighted by Crippen LogP contribution is 2.07. The van der Waals surface area contributed by atoms with E-state index >= 15 is 0 Å². The number of ether oxygens (including phenoxy) is 1. The van der Waals surface area contributed by atoms with Gasteiger partial charge in [-0.2, -0.15) is 0 Å². The second kappa shape index (κ2) is 5.36. The third-order valence-corrected chi connectivity index (χ3v) is 2.10. The Bertz CT molecular complexity index is 322. The molecule has 0 saturated carbocycles. The Morgan fingerprint density at radius 2 is 2.00 bits per heavy atom. The third-order valence-electron chi connectivity index (χ3n) is 2.10. The summed E-state index contributed by atoms with van der Waals surface area (Å²) in [6.07, 6.45) is 0. The molecule has 0 spiro atoms. The van der Waals surface area contributed by atoms with Crippen LogP contribution in [0.15, 0.2) is 24.3 Å². The summed E-state index contributed by atoms with van der Waals surface area (Å²) in [4.78, 5) is 10.7. The third kappa shape index (κ3) is 3.99. The molecule has 1 amide bonds. The van der Waals surface area contributed by atoms with Crippen molar-refractivity contribution in [2.75, 3.05) is 12.3 Å². The predicted octanol–water partition coefficient (Wildman–Crippen LogP) is 0.907. The van der Waals surface area contributed by atoms with E-state index in [2.05, 4.69) is 0 Å². The van der Waals surface area contributed by atoms with Crippen LogP contribution in [0.2, 0.25) is 0 Å². The van der Waals surface area contributed by atoms with Gasteiger partial charge in [0.2, 0.25) is 5.91 Å². The van der Waals surface area contributed by atoms with Gasteiger partial charge in [0.15, 0.2) is 0 Å². The zero-order chi connectivity index (χ0) is 11.3. The SMILES string of the molecule is CC(COCc1ccc(N)cc1)C(N)=O. The van der Waals surface area contributed by atoms with E-state index in [0.29, 0.717) is 13.2 Å². The monoisotopic (exact) mass is 208 g/mol. The number of nitrogen functional groups attached to an aromatic ring is 1. The second-order valence-electron chi connectivity index (χ2n) is 3.56. The minimum absolute atomic E-state index is 0.251. The van der Waals surface area contributed by atoms with Crippen molar-refractivity contribution in [1.82, 2.24) is 0 Å². The van der Waals surface area contributed by atoms with E-state index in [0.717, 1.165) is 11.3 Å². The topological polar surface area (TPSA) is 78.3 Å². The van der Waals surface area contributed by atoms with Crippen molar-refractivity contribution in [2.45, 2.75) is 13.5 Å². The molecule has 4 heteroatoms. The van der Waals surface area contributed by atoms with Crippen LogP contribution in [0.25, 0.3) is 0 Å². The average molecular weight is 208 g/mol. The predicted molar refractivity (Wildman–Crippen MR) is 58.9 cm³/mol. The van der Waals surface area contributed by atoms with E-state index in [1.54, 1.807) is 6.92 Å². The largest absolute Gasteiger partial charge is 0.399 e. The number of anilines is 1. The van der Waals surface area contributed by atoms with Crippen LogP contribution in [0.1, 0.15) is 12.5 Å². The Balaban J connectivity index is 2.32. The molecule has 4 N–H and O–H groups in total. The molecule has 0 saturated heterocycles. The van der Waals surface area contributed by atoms with Crippen LogP contribution in [0, 0.1) is 5.92 Å². The molecule has 82 valence electrons. The maximum absolute atomic E-state index is 10.7. The number of primary amides is 1. The number of carbonyl (C=O) groups is 1. The Morgan fingerprint density at radius 3 is 2.53 bits per heavy atom. The lowest BCUT2D eigenvalue weighted by Gasteiger charge is -2.08. The van der Waals surface area contributed by atoms with Gasteiger partial charge < -0.3 is 16.2 Å². The van der Waals surface area contributed by atoms with E-state index in [1.165, 1.54) is 0 Å². The summed E-state index contributed by atoms with van der Waals surface area (Å²) in [6, 6.07) is 7.42. The molecule has 4 nitrogen and oxygen atoms in total. The van der Waals surface area contributed by atoms with E-state index in [9.17, 15) is 4.79 Å². The van der Waals surface area contributed by atoms with Gasteiger partial charge in [-0.25, -0.2) is 0 Å². The number of carbonyl (C=O) groups excluding carboxylic acids is 1. The Labute approximate surface area is 89.2 Å². The van der Waals surface area contributed by atoms with Crippen molar-refractivity contribution >= 4 is 11.6 Å². The van der Waals surface area contributed by atoms with Gasteiger partial charge >= 0.3 is 0 Å². The van der Waals surface area contributed by atoms with Gasteiger partial charge in [-0.05, 0) is 17.7 Å². The lowest BCUT2D eigenvalue weighted by molar-refractivity contribution is -0.123. The molecule has 0 aliphatic rings. The summed E-state index contributed by atoms with van der Waals surface area (Å²) < 4.78 is 5.34. The number of hydrogen-bond acceptors (Lipinski definition) is 3. The Kier molecular flexibility index (Phi) is 4.12. The smallest absolute Gasteiger partial charge is 0.222 e. The van der Waals surface area contributed by atoms with Crippen LogP contribution in [-0.4, -0.2) is 12.5 Å². The van der Waals surface area contributed by atoms with Crippen molar-refractivity contribution < 1.29 is 9.53 Å². The minimum Gasteiger partial charge on any atom is -0.399 e. The summed E-state index contributed by atoms with van der Waals surface area (Å²) in [7, 11) is 0. The van der Waals surface area contributed by atoms with Crippen LogP contribution in [0.5, 0.6) is 0 Å². The van der Waals surface area contributed by atoms with Crippen LogP contribution in [0.4, 0.5) is 5.69 Å². The molecule has 15 heavy (non-hydrogen) atoms. The highest BCUT2D eigenvalue weighted by Gasteiger charge is 2.07. The summed E-state index contributed by atoms with van der Waals surface area (Å²) in [5, 5.41) is 0. The van der Waals surface area contributed by atoms with Crippen LogP contribution >= 0.6 is 0 Å². The fourth-order valence-corrected chi connectivity index (χ4v) is 1.05. The molecule has 0 bridgehead atoms. The molecule has 1 unspecified atom stereocenters. The Morgan fingerprint density at radius 1 is 1.40 bits per heavy atom. The second-order valence-corrected chi connectivity index (χ2v) is 3.56. The number of amides is 1. The van der Waals surface area contributed by atoms with Gasteiger partial charge in [0, 0.05) is 5.69 Å². The number of hydrogen-bond donors (Lipinski definition) is 2. The Hall–Kier alpha value is -1.55. The molecule has 1 rings (SSSR count). The molecular weight excluding hydrogens is 192 g/mol. The lowest BCUT2D eigenvalue weighted by atomic mass is 10.2. The van der Waals surface area contributed by atoms with Crippen LogP contribution < -0.4 is 11.5 Å². The van der Waals surface area contributed by atoms with Gasteiger partial charge in [-0.15, -0.1) is 0 Å². The summed E-state index contributed by atoms with van der Waals surface area (Å²) in [5.74, 6) is -0.592. The van der Waals surface area contributed by atoms with Crippen LogP contribution in [0.3, 0.4) is 0 Å². The number of benzene rings is 1. The lowest BCUT2D eigenvalue weighted by Crippen LogP contribution is -2.24. The highest BCUT2D eigenvalue weighted by atomic mass is 16.5. The highest BCUT2D eigenvalue weighted by molar-refractivity contribution is 5.76. The number of rotatable bonds is 5. The minimum atomic E-state index is -0.340. The van der Waals surface area contributed by atoms with E-state index < -0.39 is 0 Å². The quantitative estimate of drug-likeness (QED) is 0.706. The van der Waals surface area contributed by atoms with E-state index in [-0.39, 0.29) is 11.8 Å². The fraction of sp³-hybridized carbons (Fsp3) is 0.364. The van der Waals surface area contributed by atoms with Gasteiger partial charge in [0.05, 0.1) is 19.1 Å². The first-order valence-corrected chi connectivity index (χ1v) is 4.81. The molecule has 0 aliphatic carbocycles. The fourth-order valence-electron chi connectivity index (χ4n) is 1.05. The summed E-state index contributed by atoms with van der Waals surface area (Å²) in [5.41, 5.74) is 12.4. The van der Waals surface area contributed by atoms with Crippen molar-refractivity contribution in [1.29, 1.82) is 0 Å². The first-order chi connectivity index (χ1) is 7.09. The maximum Gasteiger partial charge on any atom is 0.222 e. The van der Waals surface area contributed by atoms with Crippen molar-refractivity contribution in [3.05, 3.63) is 29.8 Å². The molecule has 1 atom stereocenters. The molecular formula is C11H16N2O2.